The van der Waals surface area contributed by atoms with Crippen molar-refractivity contribution in [2.24, 2.45) is 5.92 Å². The van der Waals surface area contributed by atoms with Gasteiger partial charge in [-0.2, -0.15) is 8.78 Å². The van der Waals surface area contributed by atoms with Crippen LogP contribution in [0.4, 0.5) is 14.6 Å². The van der Waals surface area contributed by atoms with Gasteiger partial charge < -0.3 is 19.5 Å². The number of rotatable bonds is 8. The Labute approximate surface area is 168 Å². The van der Waals surface area contributed by atoms with E-state index >= 15 is 0 Å². The molecule has 2 aromatic rings. The maximum Gasteiger partial charge on any atom is 0.387 e. The molecule has 1 aromatic heterocycles. The van der Waals surface area contributed by atoms with Gasteiger partial charge in [0.15, 0.2) is 11.5 Å². The van der Waals surface area contributed by atoms with Gasteiger partial charge in [0.05, 0.1) is 6.61 Å². The van der Waals surface area contributed by atoms with Crippen molar-refractivity contribution in [1.82, 2.24) is 4.98 Å². The van der Waals surface area contributed by atoms with Crippen molar-refractivity contribution in [2.45, 2.75) is 46.8 Å². The third-order valence-electron chi connectivity index (χ3n) is 4.42. The number of amides is 1. The standard InChI is InChI=1S/C21H24F2N2O4/c1-12(2)5-4-8-27-17-7-6-15-16-9-18(25-13(3)26)24-10-14(16)11-28-19(15)20(17)29-21(22)23/h6-7,9-10,12,21H,4-5,8,11H2,1-3H3,(H,24,25,26). The lowest BCUT2D eigenvalue weighted by Gasteiger charge is -2.24. The van der Waals surface area contributed by atoms with Crippen molar-refractivity contribution in [3.05, 3.63) is 30.0 Å². The Morgan fingerprint density at radius 1 is 1.31 bits per heavy atom. The SMILES string of the molecule is CC(=O)Nc1cc2c(cn1)COc1c-2ccc(OCCCC(C)C)c1OC(F)F. The minimum atomic E-state index is -3.02. The highest BCUT2D eigenvalue weighted by atomic mass is 19.3. The third-order valence-corrected chi connectivity index (χ3v) is 4.42. The number of carbonyl (C=O) groups excluding carboxylic acids is 1. The fourth-order valence-corrected chi connectivity index (χ4v) is 3.14. The molecular formula is C21H24F2N2O4. The van der Waals surface area contributed by atoms with Crippen molar-refractivity contribution in [2.75, 3.05) is 11.9 Å². The van der Waals surface area contributed by atoms with Crippen LogP contribution in [0.1, 0.15) is 39.2 Å². The molecule has 8 heteroatoms. The fraction of sp³-hybridized carbons (Fsp3) is 0.429. The summed E-state index contributed by atoms with van der Waals surface area (Å²) < 4.78 is 42.4. The third kappa shape index (κ3) is 5.13. The molecule has 1 aliphatic rings. The lowest BCUT2D eigenvalue weighted by molar-refractivity contribution is -0.114. The molecule has 0 aliphatic carbocycles. The summed E-state index contributed by atoms with van der Waals surface area (Å²) in [6.45, 7) is 3.13. The molecule has 0 saturated carbocycles. The number of benzene rings is 1. The minimum absolute atomic E-state index is 0.120. The molecule has 6 nitrogen and oxygen atoms in total. The van der Waals surface area contributed by atoms with Gasteiger partial charge in [-0.05, 0) is 42.5 Å². The summed E-state index contributed by atoms with van der Waals surface area (Å²) in [5.41, 5.74) is 2.08. The highest BCUT2D eigenvalue weighted by molar-refractivity contribution is 5.89. The van der Waals surface area contributed by atoms with Crippen LogP contribution in [0.2, 0.25) is 0 Å². The molecule has 3 rings (SSSR count). The second kappa shape index (κ2) is 9.07. The number of aromatic nitrogens is 1. The van der Waals surface area contributed by atoms with Crippen LogP contribution in [0, 0.1) is 5.92 Å². The molecule has 0 radical (unpaired) electrons. The average molecular weight is 406 g/mol. The van der Waals surface area contributed by atoms with Crippen molar-refractivity contribution in [3.8, 4) is 28.4 Å². The van der Waals surface area contributed by atoms with Crippen LogP contribution in [0.25, 0.3) is 11.1 Å². The van der Waals surface area contributed by atoms with E-state index in [1.54, 1.807) is 24.4 Å². The number of nitrogens with one attached hydrogen (secondary N) is 1. The molecule has 0 fully saturated rings. The Hall–Kier alpha value is -2.90. The number of fused-ring (bicyclic) bond motifs is 3. The normalized spacial score (nSPS) is 12.2. The summed E-state index contributed by atoms with van der Waals surface area (Å²) in [5, 5.41) is 2.62. The smallest absolute Gasteiger partial charge is 0.387 e. The molecule has 0 unspecified atom stereocenters. The highest BCUT2D eigenvalue weighted by Crippen LogP contribution is 2.49. The number of alkyl halides is 2. The minimum Gasteiger partial charge on any atom is -0.490 e. The number of ether oxygens (including phenoxy) is 3. The van der Waals surface area contributed by atoms with Gasteiger partial charge in [0.2, 0.25) is 11.7 Å². The molecular weight excluding hydrogens is 382 g/mol. The van der Waals surface area contributed by atoms with Gasteiger partial charge >= 0.3 is 6.61 Å². The van der Waals surface area contributed by atoms with Gasteiger partial charge in [-0.3, -0.25) is 4.79 Å². The van der Waals surface area contributed by atoms with Crippen LogP contribution in [0.3, 0.4) is 0 Å². The zero-order valence-electron chi connectivity index (χ0n) is 16.6. The van der Waals surface area contributed by atoms with Crippen molar-refractivity contribution < 1.29 is 27.8 Å². The monoisotopic (exact) mass is 406 g/mol. The van der Waals surface area contributed by atoms with E-state index in [-0.39, 0.29) is 29.8 Å². The van der Waals surface area contributed by atoms with Crippen LogP contribution in [0.5, 0.6) is 17.2 Å². The first-order valence-electron chi connectivity index (χ1n) is 9.49. The number of halogens is 2. The second-order valence-electron chi connectivity index (χ2n) is 7.23. The van der Waals surface area contributed by atoms with E-state index in [4.69, 9.17) is 14.2 Å². The molecule has 29 heavy (non-hydrogen) atoms. The summed E-state index contributed by atoms with van der Waals surface area (Å²) in [6, 6.07) is 5.03. The van der Waals surface area contributed by atoms with Crippen LogP contribution in [-0.2, 0) is 11.4 Å². The van der Waals surface area contributed by atoms with E-state index in [0.717, 1.165) is 24.0 Å². The molecule has 2 heterocycles. The Kier molecular flexibility index (Phi) is 6.51. The van der Waals surface area contributed by atoms with Gasteiger partial charge in [-0.15, -0.1) is 0 Å². The molecule has 1 N–H and O–H groups in total. The lowest BCUT2D eigenvalue weighted by Crippen LogP contribution is -2.13. The first-order chi connectivity index (χ1) is 13.8. The Morgan fingerprint density at radius 2 is 2.10 bits per heavy atom. The first-order valence-corrected chi connectivity index (χ1v) is 9.49. The summed E-state index contributed by atoms with van der Waals surface area (Å²) in [7, 11) is 0. The van der Waals surface area contributed by atoms with Gasteiger partial charge in [0.1, 0.15) is 12.4 Å². The predicted octanol–water partition coefficient (Wildman–Crippen LogP) is 5.02. The topological polar surface area (TPSA) is 69.7 Å². The maximum absolute atomic E-state index is 13.1. The summed E-state index contributed by atoms with van der Waals surface area (Å²) in [6.07, 6.45) is 3.37. The summed E-state index contributed by atoms with van der Waals surface area (Å²) in [5.74, 6) is 0.938. The van der Waals surface area contributed by atoms with Gasteiger partial charge in [-0.25, -0.2) is 4.98 Å². The van der Waals surface area contributed by atoms with Crippen LogP contribution in [0.15, 0.2) is 24.4 Å². The van der Waals surface area contributed by atoms with Gasteiger partial charge in [-0.1, -0.05) is 13.8 Å². The number of hydrogen-bond acceptors (Lipinski definition) is 5. The molecule has 1 aromatic carbocycles. The van der Waals surface area contributed by atoms with E-state index in [9.17, 15) is 13.6 Å². The fourth-order valence-electron chi connectivity index (χ4n) is 3.14. The molecule has 0 bridgehead atoms. The van der Waals surface area contributed by atoms with Crippen LogP contribution >= 0.6 is 0 Å². The average Bonchev–Trinajstić information content (AvgIpc) is 2.65. The number of hydrogen-bond donors (Lipinski definition) is 1. The Morgan fingerprint density at radius 3 is 2.79 bits per heavy atom. The first kappa shape index (κ1) is 20.8. The van der Waals surface area contributed by atoms with E-state index in [0.29, 0.717) is 23.9 Å². The maximum atomic E-state index is 13.1. The molecule has 0 spiro atoms. The van der Waals surface area contributed by atoms with Gasteiger partial charge in [0, 0.05) is 24.2 Å². The second-order valence-corrected chi connectivity index (χ2v) is 7.23. The van der Waals surface area contributed by atoms with Gasteiger partial charge in [0.25, 0.3) is 0 Å². The largest absolute Gasteiger partial charge is 0.490 e. The molecule has 1 aliphatic heterocycles. The van der Waals surface area contributed by atoms with E-state index in [1.165, 1.54) is 6.92 Å². The summed E-state index contributed by atoms with van der Waals surface area (Å²) in [4.78, 5) is 15.5. The van der Waals surface area contributed by atoms with E-state index in [2.05, 4.69) is 24.1 Å². The highest BCUT2D eigenvalue weighted by Gasteiger charge is 2.27. The molecule has 0 saturated heterocycles. The van der Waals surface area contributed by atoms with Crippen LogP contribution in [-0.4, -0.2) is 24.1 Å². The molecule has 156 valence electrons. The molecule has 1 amide bonds. The quantitative estimate of drug-likeness (QED) is 0.624. The molecule has 0 atom stereocenters. The van der Waals surface area contributed by atoms with Crippen molar-refractivity contribution >= 4 is 11.7 Å². The zero-order chi connectivity index (χ0) is 21.0. The number of nitrogens with zero attached hydrogens (tertiary/aromatic N) is 1. The zero-order valence-corrected chi connectivity index (χ0v) is 16.6. The summed E-state index contributed by atoms with van der Waals surface area (Å²) >= 11 is 0. The van der Waals surface area contributed by atoms with Crippen molar-refractivity contribution in [3.63, 3.8) is 0 Å². The van der Waals surface area contributed by atoms with Crippen LogP contribution < -0.4 is 19.5 Å². The Balaban J connectivity index is 1.94. The Bertz CT molecular complexity index is 887. The predicted molar refractivity (Wildman–Crippen MR) is 105 cm³/mol. The number of anilines is 1. The number of carbonyl (C=O) groups is 1. The van der Waals surface area contributed by atoms with Crippen molar-refractivity contribution in [1.29, 1.82) is 0 Å². The van der Waals surface area contributed by atoms with E-state index < -0.39 is 6.61 Å². The lowest BCUT2D eigenvalue weighted by atomic mass is 9.98. The van der Waals surface area contributed by atoms with E-state index in [1.807, 2.05) is 0 Å². The number of pyridine rings is 1.